The summed E-state index contributed by atoms with van der Waals surface area (Å²) in [7, 11) is 0. The summed E-state index contributed by atoms with van der Waals surface area (Å²) < 4.78 is 6.56. The lowest BCUT2D eigenvalue weighted by Crippen LogP contribution is -2.35. The smallest absolute Gasteiger partial charge is 0.283 e. The topological polar surface area (TPSA) is 49.9 Å². The van der Waals surface area contributed by atoms with Gasteiger partial charge in [0.25, 0.3) is 0 Å². The largest absolute Gasteiger partial charge is 0.430 e. The van der Waals surface area contributed by atoms with Crippen molar-refractivity contribution in [2.75, 3.05) is 0 Å². The van der Waals surface area contributed by atoms with E-state index in [4.69, 9.17) is 4.52 Å². The molecule has 0 amide bonds. The zero-order chi connectivity index (χ0) is 10.3. The quantitative estimate of drug-likeness (QED) is 0.697. The lowest BCUT2D eigenvalue weighted by atomic mass is 9.95. The van der Waals surface area contributed by atoms with E-state index in [2.05, 4.69) is 5.27 Å². The highest BCUT2D eigenvalue weighted by atomic mass is 16.5. The molecule has 0 bridgehead atoms. The maximum absolute atomic E-state index is 11.5. The Morgan fingerprint density at radius 2 is 2.13 bits per heavy atom. The van der Waals surface area contributed by atoms with Gasteiger partial charge in [0.1, 0.15) is 0 Å². The molecule has 76 valence electrons. The first-order valence-corrected chi connectivity index (χ1v) is 5.02. The highest BCUT2D eigenvalue weighted by Crippen LogP contribution is 2.27. The van der Waals surface area contributed by atoms with Gasteiger partial charge in [-0.05, 0) is 10.8 Å². The Kier molecular flexibility index (Phi) is 1.74. The van der Waals surface area contributed by atoms with Crippen LogP contribution < -0.4 is 10.3 Å². The zero-order valence-corrected chi connectivity index (χ0v) is 8.14. The number of fused-ring (bicyclic) bond motifs is 1. The van der Waals surface area contributed by atoms with Gasteiger partial charge in [-0.2, -0.15) is 0 Å². The van der Waals surface area contributed by atoms with Gasteiger partial charge in [0.05, 0.1) is 5.92 Å². The summed E-state index contributed by atoms with van der Waals surface area (Å²) in [6.07, 6.45) is 0.960. The molecule has 1 aliphatic heterocycles. The number of rotatable bonds is 1. The van der Waals surface area contributed by atoms with Crippen molar-refractivity contribution in [3.8, 4) is 0 Å². The number of nitrogens with one attached hydrogen (secondary N) is 1. The van der Waals surface area contributed by atoms with E-state index in [-0.39, 0.29) is 11.5 Å². The number of H-pyrrole nitrogens is 1. The van der Waals surface area contributed by atoms with Crippen molar-refractivity contribution >= 4 is 0 Å². The molecule has 2 aromatic rings. The molecular formula is C11H11N2O2+. The van der Waals surface area contributed by atoms with E-state index in [1.54, 1.807) is 4.68 Å². The average Bonchev–Trinajstić information content (AvgIpc) is 2.84. The van der Waals surface area contributed by atoms with E-state index in [0.29, 0.717) is 0 Å². The fraction of sp³-hybridized carbons (Fsp3) is 0.273. The number of aromatic amines is 1. The molecule has 1 aliphatic rings. The van der Waals surface area contributed by atoms with Crippen LogP contribution in [0.25, 0.3) is 0 Å². The molecule has 0 saturated heterocycles. The minimum absolute atomic E-state index is 0.175. The molecule has 15 heavy (non-hydrogen) atoms. The third kappa shape index (κ3) is 1.21. The molecule has 0 aliphatic carbocycles. The summed E-state index contributed by atoms with van der Waals surface area (Å²) in [5.74, 6) is 0.175. The number of aromatic nitrogens is 2. The molecule has 1 aromatic heterocycles. The summed E-state index contributed by atoms with van der Waals surface area (Å²) in [4.78, 5) is 11.5. The van der Waals surface area contributed by atoms with E-state index in [1.807, 2.05) is 30.3 Å². The van der Waals surface area contributed by atoms with E-state index in [1.165, 1.54) is 5.56 Å². The molecule has 1 atom stereocenters. The van der Waals surface area contributed by atoms with Crippen LogP contribution in [0.15, 0.2) is 39.6 Å². The maximum Gasteiger partial charge on any atom is 0.430 e. The first-order valence-electron chi connectivity index (χ1n) is 5.02. The number of aryl methyl sites for hydroxylation is 1. The SMILES string of the molecule is O=c1o[nH][n+]2c1[C@@H](c1ccccc1)CC2. The molecule has 4 nitrogen and oxygen atoms in total. The van der Waals surface area contributed by atoms with Gasteiger partial charge in [-0.15, -0.1) is 0 Å². The molecule has 1 N–H and O–H groups in total. The molecule has 3 rings (SSSR count). The number of nitrogens with zero attached hydrogens (tertiary/aromatic N) is 1. The third-order valence-corrected chi connectivity index (χ3v) is 2.92. The van der Waals surface area contributed by atoms with E-state index >= 15 is 0 Å². The fourth-order valence-electron chi connectivity index (χ4n) is 2.21. The predicted molar refractivity (Wildman–Crippen MR) is 52.4 cm³/mol. The zero-order valence-electron chi connectivity index (χ0n) is 8.14. The Balaban J connectivity index is 2.11. The average molecular weight is 203 g/mol. The highest BCUT2D eigenvalue weighted by molar-refractivity contribution is 5.25. The van der Waals surface area contributed by atoms with E-state index < -0.39 is 0 Å². The summed E-state index contributed by atoms with van der Waals surface area (Å²) in [5.41, 5.74) is 1.67. The minimum Gasteiger partial charge on any atom is -0.283 e. The Morgan fingerprint density at radius 1 is 1.33 bits per heavy atom. The van der Waals surface area contributed by atoms with Crippen LogP contribution in [0.3, 0.4) is 0 Å². The Bertz CT molecular complexity index is 527. The van der Waals surface area contributed by atoms with Gasteiger partial charge in [0.2, 0.25) is 0 Å². The van der Waals surface area contributed by atoms with Crippen molar-refractivity contribution in [1.29, 1.82) is 0 Å². The van der Waals surface area contributed by atoms with Crippen molar-refractivity contribution in [2.45, 2.75) is 18.9 Å². The first-order chi connectivity index (χ1) is 7.36. The summed E-state index contributed by atoms with van der Waals surface area (Å²) >= 11 is 0. The van der Waals surface area contributed by atoms with Crippen LogP contribution in [0.2, 0.25) is 0 Å². The second kappa shape index (κ2) is 3.08. The molecular weight excluding hydrogens is 192 g/mol. The minimum atomic E-state index is -0.249. The van der Waals surface area contributed by atoms with Crippen LogP contribution >= 0.6 is 0 Å². The van der Waals surface area contributed by atoms with Crippen LogP contribution in [-0.4, -0.2) is 5.27 Å². The highest BCUT2D eigenvalue weighted by Gasteiger charge is 2.37. The Labute approximate surface area is 86.1 Å². The second-order valence-corrected chi connectivity index (χ2v) is 3.77. The number of benzene rings is 1. The van der Waals surface area contributed by atoms with Gasteiger partial charge in [0, 0.05) is 6.42 Å². The van der Waals surface area contributed by atoms with Crippen LogP contribution in [0, 0.1) is 0 Å². The Hall–Kier alpha value is -1.84. The van der Waals surface area contributed by atoms with Crippen LogP contribution in [-0.2, 0) is 6.54 Å². The summed E-state index contributed by atoms with van der Waals surface area (Å²) in [6, 6.07) is 10.1. The monoisotopic (exact) mass is 203 g/mol. The molecule has 0 unspecified atom stereocenters. The van der Waals surface area contributed by atoms with Crippen molar-refractivity contribution < 1.29 is 9.20 Å². The fourth-order valence-corrected chi connectivity index (χ4v) is 2.21. The molecule has 0 saturated carbocycles. The van der Waals surface area contributed by atoms with E-state index in [0.717, 1.165) is 18.7 Å². The van der Waals surface area contributed by atoms with Crippen molar-refractivity contribution in [2.24, 2.45) is 0 Å². The third-order valence-electron chi connectivity index (χ3n) is 2.92. The number of hydrogen-bond acceptors (Lipinski definition) is 2. The molecule has 0 spiro atoms. The van der Waals surface area contributed by atoms with Crippen molar-refractivity contribution in [3.05, 3.63) is 52.0 Å². The summed E-state index contributed by atoms with van der Waals surface area (Å²) in [6.45, 7) is 0.820. The molecule has 0 fully saturated rings. The second-order valence-electron chi connectivity index (χ2n) is 3.77. The van der Waals surface area contributed by atoms with Gasteiger partial charge in [-0.1, -0.05) is 35.0 Å². The lowest BCUT2D eigenvalue weighted by Gasteiger charge is -2.02. The normalized spacial score (nSPS) is 19.1. The molecule has 1 aromatic carbocycles. The van der Waals surface area contributed by atoms with Gasteiger partial charge in [-0.3, -0.25) is 4.52 Å². The maximum atomic E-state index is 11.5. The number of hydrogen-bond donors (Lipinski definition) is 1. The summed E-state index contributed by atoms with van der Waals surface area (Å²) in [5, 5.41) is 2.61. The Morgan fingerprint density at radius 3 is 2.93 bits per heavy atom. The van der Waals surface area contributed by atoms with Crippen LogP contribution in [0.1, 0.15) is 23.6 Å². The van der Waals surface area contributed by atoms with Gasteiger partial charge in [0.15, 0.2) is 6.54 Å². The van der Waals surface area contributed by atoms with Crippen molar-refractivity contribution in [3.63, 3.8) is 0 Å². The van der Waals surface area contributed by atoms with E-state index in [9.17, 15) is 4.79 Å². The standard InChI is InChI=1S/C11H10N2O2/c14-11-10-9(6-7-13(10)12-15-11)8-4-2-1-3-5-8/h1-5,9H,6-7H2/p+1/t9-/m1/s1. The molecule has 0 radical (unpaired) electrons. The van der Waals surface area contributed by atoms with Crippen LogP contribution in [0.5, 0.6) is 0 Å². The van der Waals surface area contributed by atoms with Crippen LogP contribution in [0.4, 0.5) is 0 Å². The predicted octanol–water partition coefficient (Wildman–Crippen LogP) is 0.791. The first kappa shape index (κ1) is 8.47. The van der Waals surface area contributed by atoms with Gasteiger partial charge < -0.3 is 0 Å². The van der Waals surface area contributed by atoms with Gasteiger partial charge >= 0.3 is 11.3 Å². The van der Waals surface area contributed by atoms with Gasteiger partial charge in [-0.25, -0.2) is 4.79 Å². The lowest BCUT2D eigenvalue weighted by molar-refractivity contribution is -0.757. The van der Waals surface area contributed by atoms with Crippen molar-refractivity contribution in [1.82, 2.24) is 5.27 Å². The molecule has 2 heterocycles. The molecule has 4 heteroatoms.